The number of para-hydroxylation sites is 1. The lowest BCUT2D eigenvalue weighted by molar-refractivity contribution is 0.0992. The van der Waals surface area contributed by atoms with Gasteiger partial charge in [-0.15, -0.1) is 0 Å². The number of hydrogen-bond donors (Lipinski definition) is 1. The molecular formula is C19H14BrN3O. The number of carbonyl (C=O) groups excluding carboxylic acids is 1. The van der Waals surface area contributed by atoms with Gasteiger partial charge in [0.05, 0.1) is 5.69 Å². The molecule has 3 aromatic rings. The van der Waals surface area contributed by atoms with Crippen molar-refractivity contribution < 1.29 is 4.79 Å². The van der Waals surface area contributed by atoms with Gasteiger partial charge in [0.1, 0.15) is 12.0 Å². The van der Waals surface area contributed by atoms with Crippen LogP contribution in [0.15, 0.2) is 77.4 Å². The number of anilines is 2. The van der Waals surface area contributed by atoms with Gasteiger partial charge in [0.2, 0.25) is 0 Å². The number of pyridine rings is 1. The Morgan fingerprint density at radius 2 is 1.71 bits per heavy atom. The second-order valence-electron chi connectivity index (χ2n) is 5.48. The molecule has 5 heteroatoms. The zero-order chi connectivity index (χ0) is 16.5. The summed E-state index contributed by atoms with van der Waals surface area (Å²) in [5, 5.41) is 3.46. The lowest BCUT2D eigenvalue weighted by Crippen LogP contribution is -2.33. The molecule has 1 aliphatic rings. The van der Waals surface area contributed by atoms with E-state index in [0.29, 0.717) is 11.4 Å². The highest BCUT2D eigenvalue weighted by Crippen LogP contribution is 2.38. The Balaban J connectivity index is 1.81. The smallest absolute Gasteiger partial charge is 0.261 e. The molecule has 0 bridgehead atoms. The van der Waals surface area contributed by atoms with E-state index in [-0.39, 0.29) is 12.1 Å². The lowest BCUT2D eigenvalue weighted by Gasteiger charge is -2.26. The number of amides is 1. The Kier molecular flexibility index (Phi) is 3.78. The first-order valence-corrected chi connectivity index (χ1v) is 8.39. The average Bonchev–Trinajstić information content (AvgIpc) is 2.90. The minimum atomic E-state index is -0.303. The fourth-order valence-electron chi connectivity index (χ4n) is 2.92. The van der Waals surface area contributed by atoms with E-state index in [4.69, 9.17) is 0 Å². The highest BCUT2D eigenvalue weighted by Gasteiger charge is 2.38. The van der Waals surface area contributed by atoms with E-state index < -0.39 is 0 Å². The van der Waals surface area contributed by atoms with Gasteiger partial charge < -0.3 is 5.32 Å². The molecule has 2 heterocycles. The Morgan fingerprint density at radius 3 is 2.50 bits per heavy atom. The summed E-state index contributed by atoms with van der Waals surface area (Å²) in [5.41, 5.74) is 2.57. The number of nitrogens with zero attached hydrogens (tertiary/aromatic N) is 2. The minimum Gasteiger partial charge on any atom is -0.360 e. The van der Waals surface area contributed by atoms with E-state index in [1.54, 1.807) is 11.1 Å². The Bertz CT molecular complexity index is 898. The van der Waals surface area contributed by atoms with E-state index in [0.717, 1.165) is 15.7 Å². The number of halogens is 1. The molecule has 1 aliphatic heterocycles. The molecule has 0 unspecified atom stereocenters. The van der Waals surface area contributed by atoms with Gasteiger partial charge in [-0.25, -0.2) is 4.98 Å². The van der Waals surface area contributed by atoms with Crippen molar-refractivity contribution in [3.05, 3.63) is 88.5 Å². The third-order valence-corrected chi connectivity index (χ3v) is 4.72. The summed E-state index contributed by atoms with van der Waals surface area (Å²) < 4.78 is 0.947. The van der Waals surface area contributed by atoms with Gasteiger partial charge in [0.15, 0.2) is 0 Å². The third kappa shape index (κ3) is 2.47. The van der Waals surface area contributed by atoms with Crippen molar-refractivity contribution in [3.8, 4) is 0 Å². The number of nitrogens with one attached hydrogen (secondary N) is 1. The van der Waals surface area contributed by atoms with Gasteiger partial charge in [-0.1, -0.05) is 36.4 Å². The molecule has 0 aliphatic carbocycles. The number of aromatic nitrogens is 1. The van der Waals surface area contributed by atoms with Gasteiger partial charge in [-0.05, 0) is 46.3 Å². The topological polar surface area (TPSA) is 45.2 Å². The number of benzene rings is 2. The third-order valence-electron chi connectivity index (χ3n) is 4.02. The Labute approximate surface area is 148 Å². The fourth-order valence-corrected chi connectivity index (χ4v) is 3.32. The molecule has 118 valence electrons. The molecule has 4 rings (SSSR count). The van der Waals surface area contributed by atoms with Gasteiger partial charge >= 0.3 is 0 Å². The first-order chi connectivity index (χ1) is 11.8. The van der Waals surface area contributed by atoms with Crippen LogP contribution in [0.25, 0.3) is 0 Å². The molecule has 0 radical (unpaired) electrons. The van der Waals surface area contributed by atoms with Crippen molar-refractivity contribution in [1.82, 2.24) is 4.98 Å². The Morgan fingerprint density at radius 1 is 0.958 bits per heavy atom. The quantitative estimate of drug-likeness (QED) is 0.722. The largest absolute Gasteiger partial charge is 0.360 e. The van der Waals surface area contributed by atoms with Crippen LogP contribution in [-0.4, -0.2) is 10.9 Å². The van der Waals surface area contributed by atoms with E-state index in [9.17, 15) is 4.79 Å². The van der Waals surface area contributed by atoms with E-state index >= 15 is 0 Å². The normalized spacial score (nSPS) is 16.1. The van der Waals surface area contributed by atoms with Crippen molar-refractivity contribution in [2.24, 2.45) is 0 Å². The molecule has 1 atom stereocenters. The predicted octanol–water partition coefficient (Wildman–Crippen LogP) is 4.62. The van der Waals surface area contributed by atoms with Crippen molar-refractivity contribution in [2.45, 2.75) is 6.17 Å². The average molecular weight is 380 g/mol. The molecule has 1 N–H and O–H groups in total. The maximum Gasteiger partial charge on any atom is 0.261 e. The van der Waals surface area contributed by atoms with Gasteiger partial charge in [-0.2, -0.15) is 0 Å². The molecule has 2 aromatic carbocycles. The van der Waals surface area contributed by atoms with E-state index in [1.807, 2.05) is 66.7 Å². The highest BCUT2D eigenvalue weighted by atomic mass is 79.9. The van der Waals surface area contributed by atoms with Crippen LogP contribution in [0.1, 0.15) is 22.1 Å². The van der Waals surface area contributed by atoms with Gasteiger partial charge in [0, 0.05) is 21.8 Å². The van der Waals surface area contributed by atoms with E-state index in [1.165, 1.54) is 0 Å². The first kappa shape index (κ1) is 14.9. The van der Waals surface area contributed by atoms with Crippen molar-refractivity contribution in [1.29, 1.82) is 0 Å². The molecule has 4 nitrogen and oxygen atoms in total. The van der Waals surface area contributed by atoms with Crippen molar-refractivity contribution in [2.75, 3.05) is 10.2 Å². The van der Waals surface area contributed by atoms with Crippen molar-refractivity contribution >= 4 is 33.3 Å². The molecule has 0 saturated carbocycles. The number of fused-ring (bicyclic) bond motifs is 1. The lowest BCUT2D eigenvalue weighted by atomic mass is 10.1. The molecule has 1 amide bonds. The van der Waals surface area contributed by atoms with Crippen LogP contribution in [0.5, 0.6) is 0 Å². The molecule has 0 saturated heterocycles. The van der Waals surface area contributed by atoms with Crippen LogP contribution in [0.3, 0.4) is 0 Å². The molecule has 24 heavy (non-hydrogen) atoms. The number of carbonyl (C=O) groups is 1. The fraction of sp³-hybridized carbons (Fsp3) is 0.0526. The van der Waals surface area contributed by atoms with Crippen molar-refractivity contribution in [3.63, 3.8) is 0 Å². The summed E-state index contributed by atoms with van der Waals surface area (Å²) in [5.74, 6) is 0.581. The zero-order valence-electron chi connectivity index (χ0n) is 12.7. The van der Waals surface area contributed by atoms with Crippen LogP contribution in [0, 0.1) is 0 Å². The maximum atomic E-state index is 12.9. The minimum absolute atomic E-state index is 0.0474. The number of hydrogen-bond acceptors (Lipinski definition) is 3. The van der Waals surface area contributed by atoms with Gasteiger partial charge in [-0.3, -0.25) is 9.69 Å². The molecular weight excluding hydrogens is 366 g/mol. The summed E-state index contributed by atoms with van der Waals surface area (Å²) in [6.07, 6.45) is 1.39. The standard InChI is InChI=1S/C19H14BrN3O/c20-15-9-3-4-10-16(15)22-18-13-7-1-2-8-14(13)19(24)23(18)17-11-5-6-12-21-17/h1-12,18,22H/t18-/m0/s1. The number of rotatable bonds is 3. The van der Waals surface area contributed by atoms with Crippen LogP contribution < -0.4 is 10.2 Å². The highest BCUT2D eigenvalue weighted by molar-refractivity contribution is 9.10. The zero-order valence-corrected chi connectivity index (χ0v) is 14.3. The summed E-state index contributed by atoms with van der Waals surface area (Å²) in [6, 6.07) is 21.1. The van der Waals surface area contributed by atoms with Crippen LogP contribution in [0.4, 0.5) is 11.5 Å². The van der Waals surface area contributed by atoms with Crippen LogP contribution >= 0.6 is 15.9 Å². The second-order valence-corrected chi connectivity index (χ2v) is 6.33. The Hall–Kier alpha value is -2.66. The van der Waals surface area contributed by atoms with Crippen LogP contribution in [-0.2, 0) is 0 Å². The first-order valence-electron chi connectivity index (χ1n) is 7.60. The summed E-state index contributed by atoms with van der Waals surface area (Å²) >= 11 is 3.55. The SMILES string of the molecule is O=C1c2ccccc2[C@@H](Nc2ccccc2Br)N1c1ccccn1. The summed E-state index contributed by atoms with van der Waals surface area (Å²) in [4.78, 5) is 19.0. The van der Waals surface area contributed by atoms with E-state index in [2.05, 4.69) is 26.2 Å². The van der Waals surface area contributed by atoms with Crippen LogP contribution in [0.2, 0.25) is 0 Å². The second kappa shape index (κ2) is 6.09. The monoisotopic (exact) mass is 379 g/mol. The maximum absolute atomic E-state index is 12.9. The summed E-state index contributed by atoms with van der Waals surface area (Å²) in [7, 11) is 0. The van der Waals surface area contributed by atoms with Gasteiger partial charge in [0.25, 0.3) is 5.91 Å². The molecule has 1 aromatic heterocycles. The predicted molar refractivity (Wildman–Crippen MR) is 98.0 cm³/mol. The molecule has 0 spiro atoms. The summed E-state index contributed by atoms with van der Waals surface area (Å²) in [6.45, 7) is 0. The molecule has 0 fully saturated rings.